The quantitative estimate of drug-likeness (QED) is 0.238. The number of ether oxygens (including phenoxy) is 1. The molecule has 0 aliphatic heterocycles. The van der Waals surface area contributed by atoms with Gasteiger partial charge >= 0.3 is 5.97 Å². The Kier molecular flexibility index (Phi) is 6.60. The molecule has 0 N–H and O–H groups in total. The monoisotopic (exact) mass is 355 g/mol. The first-order chi connectivity index (χ1) is 12.4. The Bertz CT molecular complexity index is 771. The Morgan fingerprint density at radius 2 is 1.69 bits per heavy atom. The Labute approximate surface area is 151 Å². The zero-order valence-electron chi connectivity index (χ0n) is 14.8. The van der Waals surface area contributed by atoms with Crippen molar-refractivity contribution >= 4 is 11.8 Å². The first-order valence-electron chi connectivity index (χ1n) is 8.38. The van der Waals surface area contributed by atoms with Gasteiger partial charge in [-0.1, -0.05) is 60.2 Å². The van der Waals surface area contributed by atoms with Crippen LogP contribution < -0.4 is 0 Å². The maximum absolute atomic E-state index is 13.0. The highest BCUT2D eigenvalue weighted by atomic mass is 16.6. The number of esters is 1. The van der Waals surface area contributed by atoms with Gasteiger partial charge < -0.3 is 4.74 Å². The standard InChI is InChI=1S/C20H21NO5/c1-3-26-20(23)18(19(22)16-7-5-4-6-8-16)17(13-21(24)25)15-11-9-14(2)10-12-15/h4-12,17-18H,3,13H2,1-2H3/t17-,18?/m1/s1. The normalized spacial score (nSPS) is 12.8. The van der Waals surface area contributed by atoms with E-state index >= 15 is 0 Å². The van der Waals surface area contributed by atoms with Crippen molar-refractivity contribution in [2.75, 3.05) is 13.2 Å². The lowest BCUT2D eigenvalue weighted by Crippen LogP contribution is -2.35. The number of carbonyl (C=O) groups is 2. The van der Waals surface area contributed by atoms with Crippen LogP contribution >= 0.6 is 0 Å². The average molecular weight is 355 g/mol. The summed E-state index contributed by atoms with van der Waals surface area (Å²) in [5.41, 5.74) is 1.87. The van der Waals surface area contributed by atoms with Crippen molar-refractivity contribution in [3.63, 3.8) is 0 Å². The van der Waals surface area contributed by atoms with E-state index in [1.54, 1.807) is 61.5 Å². The van der Waals surface area contributed by atoms with E-state index < -0.39 is 35.1 Å². The van der Waals surface area contributed by atoms with Gasteiger partial charge in [0.15, 0.2) is 5.78 Å². The Morgan fingerprint density at radius 3 is 2.23 bits per heavy atom. The number of rotatable bonds is 8. The van der Waals surface area contributed by atoms with Gasteiger partial charge in [-0.25, -0.2) is 0 Å². The highest BCUT2D eigenvalue weighted by Gasteiger charge is 2.40. The lowest BCUT2D eigenvalue weighted by Gasteiger charge is -2.22. The molecule has 0 saturated heterocycles. The molecule has 1 unspecified atom stereocenters. The minimum atomic E-state index is -1.27. The summed E-state index contributed by atoms with van der Waals surface area (Å²) >= 11 is 0. The minimum absolute atomic E-state index is 0.0937. The smallest absolute Gasteiger partial charge is 0.317 e. The Balaban J connectivity index is 2.50. The maximum Gasteiger partial charge on any atom is 0.317 e. The number of hydrogen-bond donors (Lipinski definition) is 0. The van der Waals surface area contributed by atoms with Crippen molar-refractivity contribution in [1.82, 2.24) is 0 Å². The molecule has 2 rings (SSSR count). The third-order valence-electron chi connectivity index (χ3n) is 4.13. The molecule has 0 fully saturated rings. The van der Waals surface area contributed by atoms with Gasteiger partial charge in [-0.2, -0.15) is 0 Å². The molecular formula is C20H21NO5. The zero-order chi connectivity index (χ0) is 19.1. The number of carbonyl (C=O) groups excluding carboxylic acids is 2. The molecule has 6 heteroatoms. The van der Waals surface area contributed by atoms with E-state index in [1.165, 1.54) is 0 Å². The third kappa shape index (κ3) is 4.75. The summed E-state index contributed by atoms with van der Waals surface area (Å²) < 4.78 is 5.07. The molecule has 0 bridgehead atoms. The van der Waals surface area contributed by atoms with E-state index in [1.807, 2.05) is 6.92 Å². The third-order valence-corrected chi connectivity index (χ3v) is 4.13. The largest absolute Gasteiger partial charge is 0.465 e. The van der Waals surface area contributed by atoms with Crippen molar-refractivity contribution in [3.05, 3.63) is 81.4 Å². The second-order valence-electron chi connectivity index (χ2n) is 5.99. The first kappa shape index (κ1) is 19.3. The fourth-order valence-electron chi connectivity index (χ4n) is 2.85. The molecule has 26 heavy (non-hydrogen) atoms. The number of hydrogen-bond acceptors (Lipinski definition) is 5. The molecule has 6 nitrogen and oxygen atoms in total. The summed E-state index contributed by atoms with van der Waals surface area (Å²) in [7, 11) is 0. The molecule has 0 aliphatic carbocycles. The fourth-order valence-corrected chi connectivity index (χ4v) is 2.85. The van der Waals surface area contributed by atoms with Gasteiger partial charge in [-0.15, -0.1) is 0 Å². The molecule has 0 amide bonds. The van der Waals surface area contributed by atoms with E-state index in [0.29, 0.717) is 11.1 Å². The highest BCUT2D eigenvalue weighted by Crippen LogP contribution is 2.30. The fraction of sp³-hybridized carbons (Fsp3) is 0.300. The summed E-state index contributed by atoms with van der Waals surface area (Å²) in [4.78, 5) is 36.3. The maximum atomic E-state index is 13.0. The summed E-state index contributed by atoms with van der Waals surface area (Å²) in [5.74, 6) is -3.40. The summed E-state index contributed by atoms with van der Waals surface area (Å²) in [6.07, 6.45) is 0. The number of ketones is 1. The number of Topliss-reactive ketones (excluding diaryl/α,β-unsaturated/α-hetero) is 1. The molecule has 2 aromatic carbocycles. The van der Waals surface area contributed by atoms with Crippen LogP contribution in [-0.4, -0.2) is 29.8 Å². The molecular weight excluding hydrogens is 334 g/mol. The SMILES string of the molecule is CCOC(=O)C(C(=O)c1ccccc1)[C@H](C[N+](=O)[O-])c1ccc(C)cc1. The Morgan fingerprint density at radius 1 is 1.08 bits per heavy atom. The van der Waals surface area contributed by atoms with Crippen molar-refractivity contribution < 1.29 is 19.2 Å². The van der Waals surface area contributed by atoms with E-state index in [0.717, 1.165) is 5.56 Å². The van der Waals surface area contributed by atoms with Gasteiger partial charge in [0.25, 0.3) is 0 Å². The molecule has 0 radical (unpaired) electrons. The molecule has 0 spiro atoms. The van der Waals surface area contributed by atoms with Crippen LogP contribution in [0.5, 0.6) is 0 Å². The van der Waals surface area contributed by atoms with Crippen LogP contribution in [-0.2, 0) is 9.53 Å². The summed E-state index contributed by atoms with van der Waals surface area (Å²) in [6, 6.07) is 15.3. The Hall–Kier alpha value is -3.02. The number of benzene rings is 2. The second-order valence-corrected chi connectivity index (χ2v) is 5.99. The lowest BCUT2D eigenvalue weighted by molar-refractivity contribution is -0.484. The lowest BCUT2D eigenvalue weighted by atomic mass is 9.81. The van der Waals surface area contributed by atoms with Crippen molar-refractivity contribution in [1.29, 1.82) is 0 Å². The van der Waals surface area contributed by atoms with E-state index in [9.17, 15) is 19.7 Å². The average Bonchev–Trinajstić information content (AvgIpc) is 2.62. The summed E-state index contributed by atoms with van der Waals surface area (Å²) in [5, 5.41) is 11.2. The van der Waals surface area contributed by atoms with Crippen molar-refractivity contribution in [2.45, 2.75) is 19.8 Å². The number of nitrogens with zero attached hydrogens (tertiary/aromatic N) is 1. The molecule has 0 aliphatic rings. The van der Waals surface area contributed by atoms with Crippen LogP contribution in [0.1, 0.15) is 34.3 Å². The second kappa shape index (κ2) is 8.89. The number of aryl methyl sites for hydroxylation is 1. The van der Waals surface area contributed by atoms with Gasteiger partial charge in [0.2, 0.25) is 6.54 Å². The molecule has 136 valence electrons. The van der Waals surface area contributed by atoms with Crippen LogP contribution in [0.4, 0.5) is 0 Å². The van der Waals surface area contributed by atoms with E-state index in [2.05, 4.69) is 0 Å². The van der Waals surface area contributed by atoms with Crippen LogP contribution in [0.15, 0.2) is 54.6 Å². The van der Waals surface area contributed by atoms with Gasteiger partial charge in [0.05, 0.1) is 12.5 Å². The molecule has 2 atom stereocenters. The van der Waals surface area contributed by atoms with Crippen LogP contribution in [0.2, 0.25) is 0 Å². The van der Waals surface area contributed by atoms with Gasteiger partial charge in [0.1, 0.15) is 5.92 Å². The van der Waals surface area contributed by atoms with Crippen LogP contribution in [0.25, 0.3) is 0 Å². The molecule has 0 saturated carbocycles. The molecule has 0 aromatic heterocycles. The predicted molar refractivity (Wildman–Crippen MR) is 96.7 cm³/mol. The van der Waals surface area contributed by atoms with Crippen LogP contribution in [0, 0.1) is 23.0 Å². The van der Waals surface area contributed by atoms with Crippen molar-refractivity contribution in [3.8, 4) is 0 Å². The highest BCUT2D eigenvalue weighted by molar-refractivity contribution is 6.09. The summed E-state index contributed by atoms with van der Waals surface area (Å²) in [6.45, 7) is 3.09. The van der Waals surface area contributed by atoms with Gasteiger partial charge in [0, 0.05) is 10.5 Å². The van der Waals surface area contributed by atoms with Crippen molar-refractivity contribution in [2.24, 2.45) is 5.92 Å². The van der Waals surface area contributed by atoms with Gasteiger partial charge in [-0.3, -0.25) is 19.7 Å². The zero-order valence-corrected chi connectivity index (χ0v) is 14.8. The molecule has 2 aromatic rings. The van der Waals surface area contributed by atoms with Gasteiger partial charge in [-0.05, 0) is 19.4 Å². The number of nitro groups is 1. The molecule has 0 heterocycles. The first-order valence-corrected chi connectivity index (χ1v) is 8.38. The van der Waals surface area contributed by atoms with E-state index in [4.69, 9.17) is 4.74 Å². The predicted octanol–water partition coefficient (Wildman–Crippen LogP) is 3.42. The minimum Gasteiger partial charge on any atom is -0.465 e. The topological polar surface area (TPSA) is 86.5 Å². The van der Waals surface area contributed by atoms with E-state index in [-0.39, 0.29) is 6.61 Å². The van der Waals surface area contributed by atoms with Crippen LogP contribution in [0.3, 0.4) is 0 Å².